The number of nitrogens with zero attached hydrogens (tertiary/aromatic N) is 1. The average Bonchev–Trinajstić information content (AvgIpc) is 2.35. The summed E-state index contributed by atoms with van der Waals surface area (Å²) in [6.45, 7) is 0.713. The van der Waals surface area contributed by atoms with Crippen LogP contribution in [0.1, 0.15) is 16.8 Å². The highest BCUT2D eigenvalue weighted by Crippen LogP contribution is 2.19. The zero-order chi connectivity index (χ0) is 12.0. The predicted octanol–water partition coefficient (Wildman–Crippen LogP) is 1.93. The first kappa shape index (κ1) is 12.1. The summed E-state index contributed by atoms with van der Waals surface area (Å²) < 4.78 is 4.73. The van der Waals surface area contributed by atoms with Crippen LogP contribution in [0.3, 0.4) is 0 Å². The molecule has 0 spiro atoms. The molecule has 0 radical (unpaired) electrons. The van der Waals surface area contributed by atoms with Gasteiger partial charge in [-0.25, -0.2) is 4.79 Å². The molecular weight excluding hydrogens is 202 g/mol. The molecule has 1 rings (SSSR count). The van der Waals surface area contributed by atoms with Gasteiger partial charge in [0.05, 0.1) is 18.4 Å². The number of esters is 1. The van der Waals surface area contributed by atoms with E-state index in [4.69, 9.17) is 11.2 Å². The monoisotopic (exact) mass is 217 g/mol. The maximum Gasteiger partial charge on any atom is 0.339 e. The number of methoxy groups -OCH3 is 1. The third-order valence-corrected chi connectivity index (χ3v) is 2.31. The summed E-state index contributed by atoms with van der Waals surface area (Å²) >= 11 is 0. The number of rotatable bonds is 4. The molecule has 0 aliphatic carbocycles. The largest absolute Gasteiger partial charge is 0.465 e. The zero-order valence-electron chi connectivity index (χ0n) is 9.56. The molecule has 0 fully saturated rings. The fourth-order valence-corrected chi connectivity index (χ4v) is 1.44. The molecule has 1 aromatic rings. The lowest BCUT2D eigenvalue weighted by molar-refractivity contribution is 0.0601. The Morgan fingerprint density at radius 3 is 2.81 bits per heavy atom. The minimum absolute atomic E-state index is 0.330. The summed E-state index contributed by atoms with van der Waals surface area (Å²) in [4.78, 5) is 13.5. The number of para-hydroxylation sites is 1. The number of carbonyl (C=O) groups excluding carboxylic acids is 1. The van der Waals surface area contributed by atoms with Crippen molar-refractivity contribution in [2.45, 2.75) is 6.42 Å². The molecule has 3 nitrogen and oxygen atoms in total. The number of terminal acetylenes is 1. The molecule has 3 heteroatoms. The number of benzene rings is 1. The minimum Gasteiger partial charge on any atom is -0.465 e. The number of anilines is 1. The van der Waals surface area contributed by atoms with Crippen molar-refractivity contribution in [2.24, 2.45) is 0 Å². The fourth-order valence-electron chi connectivity index (χ4n) is 1.44. The molecule has 0 amide bonds. The van der Waals surface area contributed by atoms with Gasteiger partial charge in [0, 0.05) is 20.0 Å². The van der Waals surface area contributed by atoms with E-state index >= 15 is 0 Å². The lowest BCUT2D eigenvalue weighted by atomic mass is 10.1. The normalized spacial score (nSPS) is 9.31. The molecule has 0 saturated carbocycles. The smallest absolute Gasteiger partial charge is 0.339 e. The second kappa shape index (κ2) is 5.82. The van der Waals surface area contributed by atoms with Gasteiger partial charge in [-0.2, -0.15) is 0 Å². The van der Waals surface area contributed by atoms with Crippen LogP contribution in [0.15, 0.2) is 24.3 Å². The summed E-state index contributed by atoms with van der Waals surface area (Å²) in [7, 11) is 3.28. The zero-order valence-corrected chi connectivity index (χ0v) is 9.56. The number of carbonyl (C=O) groups is 1. The molecule has 0 aromatic heterocycles. The first-order chi connectivity index (χ1) is 7.70. The molecule has 0 saturated heterocycles. The van der Waals surface area contributed by atoms with Gasteiger partial charge in [0.2, 0.25) is 0 Å². The standard InChI is InChI=1S/C13H15NO2/c1-4-5-10-14(2)12-9-7-6-8-11(12)13(15)16-3/h1,6-9H,5,10H2,2-3H3. The van der Waals surface area contributed by atoms with Gasteiger partial charge in [-0.05, 0) is 12.1 Å². The van der Waals surface area contributed by atoms with Crippen molar-refractivity contribution in [1.29, 1.82) is 0 Å². The van der Waals surface area contributed by atoms with E-state index in [1.165, 1.54) is 7.11 Å². The Balaban J connectivity index is 2.94. The van der Waals surface area contributed by atoms with Gasteiger partial charge in [0.25, 0.3) is 0 Å². The average molecular weight is 217 g/mol. The van der Waals surface area contributed by atoms with Crippen molar-refractivity contribution in [1.82, 2.24) is 0 Å². The Kier molecular flexibility index (Phi) is 4.41. The van der Waals surface area contributed by atoms with Crippen molar-refractivity contribution in [3.8, 4) is 12.3 Å². The van der Waals surface area contributed by atoms with Gasteiger partial charge >= 0.3 is 5.97 Å². The van der Waals surface area contributed by atoms with Gasteiger partial charge in [0.15, 0.2) is 0 Å². The number of hydrogen-bond donors (Lipinski definition) is 0. The second-order valence-electron chi connectivity index (χ2n) is 3.38. The van der Waals surface area contributed by atoms with Gasteiger partial charge in [-0.1, -0.05) is 12.1 Å². The van der Waals surface area contributed by atoms with Crippen molar-refractivity contribution < 1.29 is 9.53 Å². The lowest BCUT2D eigenvalue weighted by Crippen LogP contribution is -2.21. The fraction of sp³-hybridized carbons (Fsp3) is 0.308. The van der Waals surface area contributed by atoms with Crippen molar-refractivity contribution in [2.75, 3.05) is 25.6 Å². The van der Waals surface area contributed by atoms with Crippen molar-refractivity contribution in [3.63, 3.8) is 0 Å². The molecule has 0 atom stereocenters. The maximum atomic E-state index is 11.5. The van der Waals surface area contributed by atoms with E-state index in [-0.39, 0.29) is 5.97 Å². The van der Waals surface area contributed by atoms with E-state index in [2.05, 4.69) is 5.92 Å². The third-order valence-electron chi connectivity index (χ3n) is 2.31. The lowest BCUT2D eigenvalue weighted by Gasteiger charge is -2.20. The highest BCUT2D eigenvalue weighted by Gasteiger charge is 2.13. The van der Waals surface area contributed by atoms with Crippen LogP contribution in [-0.2, 0) is 4.74 Å². The van der Waals surface area contributed by atoms with E-state index < -0.39 is 0 Å². The molecular formula is C13H15NO2. The van der Waals surface area contributed by atoms with Crippen LogP contribution in [0.2, 0.25) is 0 Å². The minimum atomic E-state index is -0.330. The molecule has 0 N–H and O–H groups in total. The number of ether oxygens (including phenoxy) is 1. The molecule has 1 aromatic carbocycles. The van der Waals surface area contributed by atoms with Crippen LogP contribution in [0.5, 0.6) is 0 Å². The van der Waals surface area contributed by atoms with Crippen LogP contribution in [-0.4, -0.2) is 26.7 Å². The Bertz CT molecular complexity index is 407. The molecule has 0 bridgehead atoms. The number of hydrogen-bond acceptors (Lipinski definition) is 3. The molecule has 84 valence electrons. The first-order valence-corrected chi connectivity index (χ1v) is 5.02. The first-order valence-electron chi connectivity index (χ1n) is 5.02. The van der Waals surface area contributed by atoms with E-state index in [1.54, 1.807) is 6.07 Å². The van der Waals surface area contributed by atoms with Crippen LogP contribution in [0.4, 0.5) is 5.69 Å². The van der Waals surface area contributed by atoms with Crippen LogP contribution < -0.4 is 4.90 Å². The Labute approximate surface area is 96.0 Å². The van der Waals surface area contributed by atoms with Crippen LogP contribution >= 0.6 is 0 Å². The maximum absolute atomic E-state index is 11.5. The SMILES string of the molecule is C#CCCN(C)c1ccccc1C(=O)OC. The van der Waals surface area contributed by atoms with Gasteiger partial charge in [-0.15, -0.1) is 12.3 Å². The Hall–Kier alpha value is -1.95. The highest BCUT2D eigenvalue weighted by molar-refractivity contribution is 5.95. The predicted molar refractivity (Wildman–Crippen MR) is 64.5 cm³/mol. The van der Waals surface area contributed by atoms with E-state index in [0.717, 1.165) is 5.69 Å². The van der Waals surface area contributed by atoms with Crippen molar-refractivity contribution in [3.05, 3.63) is 29.8 Å². The topological polar surface area (TPSA) is 29.5 Å². The van der Waals surface area contributed by atoms with E-state index in [0.29, 0.717) is 18.5 Å². The summed E-state index contributed by atoms with van der Waals surface area (Å²) in [5, 5.41) is 0. The second-order valence-corrected chi connectivity index (χ2v) is 3.38. The summed E-state index contributed by atoms with van der Waals surface area (Å²) in [6, 6.07) is 7.31. The molecule has 0 heterocycles. The molecule has 0 aliphatic rings. The molecule has 0 unspecified atom stereocenters. The summed E-state index contributed by atoms with van der Waals surface area (Å²) in [6.07, 6.45) is 5.86. The van der Waals surface area contributed by atoms with E-state index in [1.807, 2.05) is 30.1 Å². The Morgan fingerprint density at radius 1 is 1.50 bits per heavy atom. The molecule has 16 heavy (non-hydrogen) atoms. The summed E-state index contributed by atoms with van der Waals surface area (Å²) in [5.74, 6) is 2.24. The Morgan fingerprint density at radius 2 is 2.19 bits per heavy atom. The molecule has 0 aliphatic heterocycles. The van der Waals surface area contributed by atoms with Crippen molar-refractivity contribution >= 4 is 11.7 Å². The highest BCUT2D eigenvalue weighted by atomic mass is 16.5. The van der Waals surface area contributed by atoms with Gasteiger partial charge in [-0.3, -0.25) is 0 Å². The van der Waals surface area contributed by atoms with Crippen LogP contribution in [0, 0.1) is 12.3 Å². The van der Waals surface area contributed by atoms with Gasteiger partial charge in [0.1, 0.15) is 0 Å². The van der Waals surface area contributed by atoms with E-state index in [9.17, 15) is 4.79 Å². The third kappa shape index (κ3) is 2.77. The van der Waals surface area contributed by atoms with Gasteiger partial charge < -0.3 is 9.64 Å². The quantitative estimate of drug-likeness (QED) is 0.570. The summed E-state index contributed by atoms with van der Waals surface area (Å²) in [5.41, 5.74) is 1.40. The van der Waals surface area contributed by atoms with Crippen LogP contribution in [0.25, 0.3) is 0 Å².